The molecule has 0 aromatic carbocycles. The number of nitrogens with one attached hydrogen (secondary N) is 2. The highest BCUT2D eigenvalue weighted by Crippen LogP contribution is 2.12. The minimum Gasteiger partial charge on any atom is -0.379 e. The van der Waals surface area contributed by atoms with Crippen LogP contribution < -0.4 is 10.6 Å². The number of pyridine rings is 1. The van der Waals surface area contributed by atoms with Gasteiger partial charge in [0.05, 0.1) is 18.2 Å². The first-order valence-corrected chi connectivity index (χ1v) is 5.82. The van der Waals surface area contributed by atoms with Crippen LogP contribution in [0.4, 0.5) is 5.82 Å². The fraction of sp³-hybridized carbons (Fsp3) is 0.500. The van der Waals surface area contributed by atoms with Crippen LogP contribution in [0.25, 0.3) is 0 Å². The number of aromatic nitrogens is 1. The maximum absolute atomic E-state index is 12.0. The molecule has 1 saturated heterocycles. The number of anilines is 1. The lowest BCUT2D eigenvalue weighted by Crippen LogP contribution is -2.40. The van der Waals surface area contributed by atoms with Crippen LogP contribution in [0, 0.1) is 0 Å². The largest absolute Gasteiger partial charge is 0.379 e. The number of carbonyl (C=O) groups is 1. The fourth-order valence-corrected chi connectivity index (χ4v) is 1.91. The number of nitrogens with zero attached hydrogens (tertiary/aromatic N) is 1. The van der Waals surface area contributed by atoms with E-state index in [1.165, 1.54) is 0 Å². The van der Waals surface area contributed by atoms with Crippen molar-refractivity contribution in [3.8, 4) is 0 Å². The standard InChI is InChI=1S/C12H17N3O2/c1-13-11-10(5-2-6-14-11)12(16)15-9-4-3-7-17-8-9/h2,5-6,9H,3-4,7-8H2,1H3,(H,13,14)(H,15,16). The number of ether oxygens (including phenoxy) is 1. The van der Waals surface area contributed by atoms with Crippen LogP contribution in [0.1, 0.15) is 23.2 Å². The molecule has 1 aliphatic heterocycles. The normalized spacial score (nSPS) is 19.7. The Hall–Kier alpha value is -1.62. The Labute approximate surface area is 101 Å². The minimum atomic E-state index is -0.0991. The molecule has 1 fully saturated rings. The molecule has 0 saturated carbocycles. The van der Waals surface area contributed by atoms with Crippen molar-refractivity contribution in [1.82, 2.24) is 10.3 Å². The van der Waals surface area contributed by atoms with Gasteiger partial charge in [0.2, 0.25) is 0 Å². The first-order chi connectivity index (χ1) is 8.31. The third kappa shape index (κ3) is 2.94. The highest BCUT2D eigenvalue weighted by Gasteiger charge is 2.18. The quantitative estimate of drug-likeness (QED) is 0.821. The molecule has 1 aliphatic rings. The number of rotatable bonds is 3. The Balaban J connectivity index is 2.03. The molecule has 1 aromatic rings. The van der Waals surface area contributed by atoms with Crippen LogP contribution in [-0.2, 0) is 4.74 Å². The molecule has 0 spiro atoms. The van der Waals surface area contributed by atoms with Crippen LogP contribution in [0.3, 0.4) is 0 Å². The van der Waals surface area contributed by atoms with Crippen LogP contribution in [0.5, 0.6) is 0 Å². The first kappa shape index (κ1) is 11.9. The fourth-order valence-electron chi connectivity index (χ4n) is 1.91. The molecule has 17 heavy (non-hydrogen) atoms. The van der Waals surface area contributed by atoms with Gasteiger partial charge in [0, 0.05) is 19.9 Å². The van der Waals surface area contributed by atoms with Crippen molar-refractivity contribution in [1.29, 1.82) is 0 Å². The molecule has 2 N–H and O–H groups in total. The maximum atomic E-state index is 12.0. The lowest BCUT2D eigenvalue weighted by molar-refractivity contribution is 0.0624. The Morgan fingerprint density at radius 3 is 3.18 bits per heavy atom. The van der Waals surface area contributed by atoms with Gasteiger partial charge in [-0.1, -0.05) is 0 Å². The van der Waals surface area contributed by atoms with Gasteiger partial charge < -0.3 is 15.4 Å². The predicted molar refractivity (Wildman–Crippen MR) is 65.1 cm³/mol. The van der Waals surface area contributed by atoms with Crippen molar-refractivity contribution in [3.63, 3.8) is 0 Å². The van der Waals surface area contributed by atoms with E-state index in [2.05, 4.69) is 15.6 Å². The highest BCUT2D eigenvalue weighted by molar-refractivity contribution is 5.98. The summed E-state index contributed by atoms with van der Waals surface area (Å²) < 4.78 is 5.33. The Bertz CT molecular complexity index is 389. The zero-order chi connectivity index (χ0) is 12.1. The summed E-state index contributed by atoms with van der Waals surface area (Å²) in [6.45, 7) is 1.39. The zero-order valence-electron chi connectivity index (χ0n) is 9.90. The third-order valence-electron chi connectivity index (χ3n) is 2.78. The van der Waals surface area contributed by atoms with E-state index in [1.807, 2.05) is 0 Å². The van der Waals surface area contributed by atoms with Crippen molar-refractivity contribution >= 4 is 11.7 Å². The topological polar surface area (TPSA) is 63.2 Å². The van der Waals surface area contributed by atoms with E-state index in [-0.39, 0.29) is 11.9 Å². The molecule has 2 heterocycles. The van der Waals surface area contributed by atoms with Gasteiger partial charge in [0.25, 0.3) is 5.91 Å². The highest BCUT2D eigenvalue weighted by atomic mass is 16.5. The summed E-state index contributed by atoms with van der Waals surface area (Å²) in [5.41, 5.74) is 0.570. The molecular formula is C12H17N3O2. The van der Waals surface area contributed by atoms with E-state index in [9.17, 15) is 4.79 Å². The van der Waals surface area contributed by atoms with Gasteiger partial charge in [0.15, 0.2) is 0 Å². The maximum Gasteiger partial charge on any atom is 0.255 e. The summed E-state index contributed by atoms with van der Waals surface area (Å²) in [7, 11) is 1.75. The van der Waals surface area contributed by atoms with Gasteiger partial charge in [0.1, 0.15) is 5.82 Å². The molecule has 1 unspecified atom stereocenters. The summed E-state index contributed by atoms with van der Waals surface area (Å²) in [5, 5.41) is 5.88. The van der Waals surface area contributed by atoms with E-state index in [1.54, 1.807) is 25.4 Å². The molecule has 92 valence electrons. The van der Waals surface area contributed by atoms with Crippen molar-refractivity contribution < 1.29 is 9.53 Å². The van der Waals surface area contributed by atoms with E-state index in [0.29, 0.717) is 18.0 Å². The summed E-state index contributed by atoms with van der Waals surface area (Å²) in [6, 6.07) is 3.63. The second-order valence-corrected chi connectivity index (χ2v) is 4.04. The summed E-state index contributed by atoms with van der Waals surface area (Å²) in [5.74, 6) is 0.500. The second-order valence-electron chi connectivity index (χ2n) is 4.04. The monoisotopic (exact) mass is 235 g/mol. The van der Waals surface area contributed by atoms with Gasteiger partial charge in [-0.15, -0.1) is 0 Å². The Morgan fingerprint density at radius 1 is 1.59 bits per heavy atom. The Morgan fingerprint density at radius 2 is 2.47 bits per heavy atom. The second kappa shape index (κ2) is 5.63. The smallest absolute Gasteiger partial charge is 0.255 e. The number of hydrogen-bond acceptors (Lipinski definition) is 4. The average molecular weight is 235 g/mol. The zero-order valence-corrected chi connectivity index (χ0v) is 9.90. The molecule has 2 rings (SSSR count). The van der Waals surface area contributed by atoms with Gasteiger partial charge in [-0.25, -0.2) is 4.98 Å². The minimum absolute atomic E-state index is 0.0991. The molecule has 0 bridgehead atoms. The van der Waals surface area contributed by atoms with Gasteiger partial charge in [-0.3, -0.25) is 4.79 Å². The van der Waals surface area contributed by atoms with Crippen LogP contribution in [-0.4, -0.2) is 37.2 Å². The Kier molecular flexibility index (Phi) is 3.93. The molecule has 1 aromatic heterocycles. The third-order valence-corrected chi connectivity index (χ3v) is 2.78. The van der Waals surface area contributed by atoms with E-state index >= 15 is 0 Å². The van der Waals surface area contributed by atoms with Gasteiger partial charge >= 0.3 is 0 Å². The van der Waals surface area contributed by atoms with Crippen LogP contribution in [0.15, 0.2) is 18.3 Å². The molecule has 0 radical (unpaired) electrons. The first-order valence-electron chi connectivity index (χ1n) is 5.82. The lowest BCUT2D eigenvalue weighted by Gasteiger charge is -2.23. The van der Waals surface area contributed by atoms with Crippen molar-refractivity contribution in [2.24, 2.45) is 0 Å². The number of hydrogen-bond donors (Lipinski definition) is 2. The summed E-state index contributed by atoms with van der Waals surface area (Å²) in [4.78, 5) is 16.2. The van der Waals surface area contributed by atoms with Crippen molar-refractivity contribution in [2.45, 2.75) is 18.9 Å². The molecular weight excluding hydrogens is 218 g/mol. The lowest BCUT2D eigenvalue weighted by atomic mass is 10.1. The van der Waals surface area contributed by atoms with E-state index in [0.717, 1.165) is 19.4 Å². The van der Waals surface area contributed by atoms with E-state index < -0.39 is 0 Å². The number of carbonyl (C=O) groups excluding carboxylic acids is 1. The SMILES string of the molecule is CNc1ncccc1C(=O)NC1CCCOC1. The van der Waals surface area contributed by atoms with Crippen LogP contribution in [0.2, 0.25) is 0 Å². The molecule has 5 nitrogen and oxygen atoms in total. The van der Waals surface area contributed by atoms with Crippen molar-refractivity contribution in [3.05, 3.63) is 23.9 Å². The molecule has 1 atom stereocenters. The van der Waals surface area contributed by atoms with Crippen LogP contribution >= 0.6 is 0 Å². The van der Waals surface area contributed by atoms with Gasteiger partial charge in [-0.05, 0) is 25.0 Å². The molecule has 1 amide bonds. The molecule has 0 aliphatic carbocycles. The summed E-state index contributed by atoms with van der Waals surface area (Å²) in [6.07, 6.45) is 3.63. The number of amides is 1. The average Bonchev–Trinajstić information content (AvgIpc) is 2.40. The summed E-state index contributed by atoms with van der Waals surface area (Å²) >= 11 is 0. The van der Waals surface area contributed by atoms with Crippen molar-refractivity contribution in [2.75, 3.05) is 25.6 Å². The molecule has 5 heteroatoms. The van der Waals surface area contributed by atoms with E-state index in [4.69, 9.17) is 4.74 Å². The predicted octanol–water partition coefficient (Wildman–Crippen LogP) is 1.03. The van der Waals surface area contributed by atoms with Gasteiger partial charge in [-0.2, -0.15) is 0 Å².